The highest BCUT2D eigenvalue weighted by molar-refractivity contribution is 5.81. The fourth-order valence-corrected chi connectivity index (χ4v) is 3.52. The number of aromatic nitrogens is 2. The van der Waals surface area contributed by atoms with Crippen LogP contribution in [0.5, 0.6) is 5.88 Å². The lowest BCUT2D eigenvalue weighted by molar-refractivity contribution is -0.911. The molecule has 2 aliphatic rings. The van der Waals surface area contributed by atoms with E-state index in [1.807, 2.05) is 0 Å². The molecule has 0 amide bonds. The van der Waals surface area contributed by atoms with Gasteiger partial charge in [-0.3, -0.25) is 9.78 Å². The van der Waals surface area contributed by atoms with Crippen molar-refractivity contribution in [2.45, 2.75) is 57.9 Å². The molecule has 1 aromatic heterocycles. The van der Waals surface area contributed by atoms with E-state index in [-0.39, 0.29) is 5.56 Å². The number of allylic oxidation sites excluding steroid dienone is 2. The van der Waals surface area contributed by atoms with Gasteiger partial charge in [0.1, 0.15) is 13.1 Å². The fourth-order valence-electron chi connectivity index (χ4n) is 3.52. The van der Waals surface area contributed by atoms with Crippen LogP contribution in [-0.4, -0.2) is 28.9 Å². The number of hydrogen-bond donors (Lipinski definition) is 2. The average Bonchev–Trinajstić information content (AvgIpc) is 2.63. The molecule has 3 rings (SSSR count). The molecule has 0 aromatic carbocycles. The Labute approximate surface area is 146 Å². The summed E-state index contributed by atoms with van der Waals surface area (Å²) in [5.41, 5.74) is -0.0378. The van der Waals surface area contributed by atoms with E-state index >= 15 is 0 Å². The molecule has 0 radical (unpaired) electrons. The molecule has 0 bridgehead atoms. The smallest absolute Gasteiger partial charge is 0.327 e. The number of piperidine rings is 1. The third-order valence-electron chi connectivity index (χ3n) is 5.03. The Morgan fingerprint density at radius 2 is 2.00 bits per heavy atom. The predicted molar refractivity (Wildman–Crippen MR) is 94.1 cm³/mol. The van der Waals surface area contributed by atoms with Crippen LogP contribution >= 0.6 is 0 Å². The summed E-state index contributed by atoms with van der Waals surface area (Å²) < 4.78 is 1.13. The second-order valence-electron chi connectivity index (χ2n) is 6.87. The minimum atomic E-state index is -0.650. The number of hydrogen-bond acceptors (Lipinski definition) is 4. The Morgan fingerprint density at radius 3 is 2.72 bits per heavy atom. The van der Waals surface area contributed by atoms with Crippen LogP contribution in [0.2, 0.25) is 0 Å². The third-order valence-corrected chi connectivity index (χ3v) is 5.03. The van der Waals surface area contributed by atoms with Gasteiger partial charge in [0.2, 0.25) is 0 Å². The molecule has 0 unspecified atom stereocenters. The SMILES string of the molecule is O=c1[nH]c(=O)n(CCC2=CCCCC2)c([O-])c1C=N[NH+]1CCCCC1. The van der Waals surface area contributed by atoms with Crippen LogP contribution in [0.25, 0.3) is 0 Å². The van der Waals surface area contributed by atoms with Gasteiger partial charge in [-0.15, -0.1) is 0 Å². The van der Waals surface area contributed by atoms with E-state index in [0.29, 0.717) is 13.0 Å². The summed E-state index contributed by atoms with van der Waals surface area (Å²) in [6.45, 7) is 2.13. The summed E-state index contributed by atoms with van der Waals surface area (Å²) in [5, 5.41) is 17.9. The van der Waals surface area contributed by atoms with Crippen LogP contribution in [0.1, 0.15) is 56.9 Å². The maximum atomic E-state index is 12.6. The lowest BCUT2D eigenvalue weighted by atomic mass is 9.97. The molecule has 2 N–H and O–H groups in total. The van der Waals surface area contributed by atoms with Gasteiger partial charge in [-0.2, -0.15) is 0 Å². The number of rotatable bonds is 5. The molecule has 25 heavy (non-hydrogen) atoms. The summed E-state index contributed by atoms with van der Waals surface area (Å²) in [6.07, 6.45) is 12.1. The molecule has 7 heteroatoms. The number of aromatic amines is 1. The summed E-state index contributed by atoms with van der Waals surface area (Å²) in [7, 11) is 0. The molecular formula is C18H26N4O3. The summed E-state index contributed by atoms with van der Waals surface area (Å²) >= 11 is 0. The monoisotopic (exact) mass is 346 g/mol. The molecule has 0 atom stereocenters. The van der Waals surface area contributed by atoms with E-state index in [1.54, 1.807) is 0 Å². The average molecular weight is 346 g/mol. The Morgan fingerprint density at radius 1 is 1.20 bits per heavy atom. The normalized spacial score (nSPS) is 19.3. The molecule has 1 aliphatic carbocycles. The molecule has 7 nitrogen and oxygen atoms in total. The van der Waals surface area contributed by atoms with Crippen molar-refractivity contribution in [1.29, 1.82) is 0 Å². The molecule has 136 valence electrons. The van der Waals surface area contributed by atoms with Crippen LogP contribution in [0.3, 0.4) is 0 Å². The van der Waals surface area contributed by atoms with Crippen molar-refractivity contribution in [1.82, 2.24) is 9.55 Å². The molecule has 1 aliphatic heterocycles. The minimum absolute atomic E-state index is 0.0460. The molecule has 2 heterocycles. The van der Waals surface area contributed by atoms with Crippen molar-refractivity contribution in [3.05, 3.63) is 38.1 Å². The lowest BCUT2D eigenvalue weighted by Gasteiger charge is -2.20. The highest BCUT2D eigenvalue weighted by atomic mass is 16.3. The van der Waals surface area contributed by atoms with Gasteiger partial charge in [0.25, 0.3) is 5.56 Å². The maximum absolute atomic E-state index is 12.6. The number of quaternary nitrogens is 1. The van der Waals surface area contributed by atoms with E-state index < -0.39 is 17.1 Å². The van der Waals surface area contributed by atoms with Gasteiger partial charge in [0.15, 0.2) is 0 Å². The third kappa shape index (κ3) is 4.48. The zero-order valence-electron chi connectivity index (χ0n) is 14.6. The first kappa shape index (κ1) is 17.7. The standard InChI is InChI=1S/C18H26N4O3/c23-16-15(13-19-21-10-5-2-6-11-21)17(24)22(18(25)20-16)12-9-14-7-3-1-4-8-14/h7,13,24H,1-6,8-12H2,(H,20,23,25). The van der Waals surface area contributed by atoms with Crippen LogP contribution in [0, 0.1) is 0 Å². The topological polar surface area (TPSA) is 94.7 Å². The van der Waals surface area contributed by atoms with Crippen LogP contribution in [-0.2, 0) is 6.54 Å². The molecule has 1 saturated heterocycles. The highest BCUT2D eigenvalue weighted by Gasteiger charge is 2.13. The Hall–Kier alpha value is -2.15. The fraction of sp³-hybridized carbons (Fsp3) is 0.611. The van der Waals surface area contributed by atoms with Gasteiger partial charge >= 0.3 is 5.69 Å². The first-order chi connectivity index (χ1) is 12.1. The van der Waals surface area contributed by atoms with Crippen LogP contribution in [0.4, 0.5) is 0 Å². The van der Waals surface area contributed by atoms with Gasteiger partial charge < -0.3 is 9.67 Å². The van der Waals surface area contributed by atoms with Gasteiger partial charge in [-0.05, 0) is 57.2 Å². The number of nitrogens with zero attached hydrogens (tertiary/aromatic N) is 2. The van der Waals surface area contributed by atoms with Crippen molar-refractivity contribution in [3.8, 4) is 5.88 Å². The van der Waals surface area contributed by atoms with Gasteiger partial charge in [0, 0.05) is 6.54 Å². The van der Waals surface area contributed by atoms with Crippen molar-refractivity contribution in [2.75, 3.05) is 13.1 Å². The number of H-pyrrole nitrogens is 1. The van der Waals surface area contributed by atoms with E-state index in [0.717, 1.165) is 54.8 Å². The quantitative estimate of drug-likeness (QED) is 0.576. The first-order valence-corrected chi connectivity index (χ1v) is 9.26. The Bertz CT molecular complexity index is 770. The molecule has 0 saturated carbocycles. The number of nitrogens with one attached hydrogen (secondary N) is 2. The van der Waals surface area contributed by atoms with Crippen LogP contribution < -0.4 is 21.4 Å². The summed E-state index contributed by atoms with van der Waals surface area (Å²) in [6, 6.07) is 0. The molecule has 0 spiro atoms. The van der Waals surface area contributed by atoms with Crippen LogP contribution in [0.15, 0.2) is 26.3 Å². The van der Waals surface area contributed by atoms with E-state index in [4.69, 9.17) is 0 Å². The van der Waals surface area contributed by atoms with Crippen molar-refractivity contribution in [2.24, 2.45) is 5.10 Å². The highest BCUT2D eigenvalue weighted by Crippen LogP contribution is 2.20. The zero-order valence-corrected chi connectivity index (χ0v) is 14.6. The van der Waals surface area contributed by atoms with Crippen molar-refractivity contribution < 1.29 is 10.1 Å². The molecular weight excluding hydrogens is 320 g/mol. The second-order valence-corrected chi connectivity index (χ2v) is 6.87. The van der Waals surface area contributed by atoms with E-state index in [2.05, 4.69) is 16.2 Å². The van der Waals surface area contributed by atoms with Crippen molar-refractivity contribution >= 4 is 6.21 Å². The maximum Gasteiger partial charge on any atom is 0.327 e. The van der Waals surface area contributed by atoms with Gasteiger partial charge in [-0.25, -0.2) is 9.80 Å². The Kier molecular flexibility index (Phi) is 5.86. The van der Waals surface area contributed by atoms with E-state index in [9.17, 15) is 14.7 Å². The molecule has 1 aromatic rings. The lowest BCUT2D eigenvalue weighted by Crippen LogP contribution is -3.08. The predicted octanol–water partition coefficient (Wildman–Crippen LogP) is -0.0966. The Balaban J connectivity index is 1.78. The summed E-state index contributed by atoms with van der Waals surface area (Å²) in [5.74, 6) is -0.537. The van der Waals surface area contributed by atoms with E-state index in [1.165, 1.54) is 24.6 Å². The minimum Gasteiger partial charge on any atom is -0.859 e. The zero-order chi connectivity index (χ0) is 17.6. The van der Waals surface area contributed by atoms with Gasteiger partial charge in [-0.1, -0.05) is 16.8 Å². The van der Waals surface area contributed by atoms with Gasteiger partial charge in [0.05, 0.1) is 11.8 Å². The largest absolute Gasteiger partial charge is 0.859 e. The first-order valence-electron chi connectivity index (χ1n) is 9.26. The molecule has 1 fully saturated rings. The van der Waals surface area contributed by atoms with Crippen molar-refractivity contribution in [3.63, 3.8) is 0 Å². The summed E-state index contributed by atoms with van der Waals surface area (Å²) in [4.78, 5) is 26.3. The second kappa shape index (κ2) is 8.29.